The number of ether oxygens (including phenoxy) is 1. The number of nitrogens with one attached hydrogen (secondary N) is 1. The van der Waals surface area contributed by atoms with Gasteiger partial charge in [0.05, 0.1) is 13.2 Å². The molecule has 0 spiro atoms. The van der Waals surface area contributed by atoms with Crippen molar-refractivity contribution in [3.05, 3.63) is 12.2 Å². The molecule has 19 heavy (non-hydrogen) atoms. The number of morpholine rings is 1. The summed E-state index contributed by atoms with van der Waals surface area (Å²) in [4.78, 5) is 16.1. The summed E-state index contributed by atoms with van der Waals surface area (Å²) in [6.07, 6.45) is 3.94. The van der Waals surface area contributed by atoms with E-state index in [1.54, 1.807) is 0 Å². The van der Waals surface area contributed by atoms with Crippen LogP contribution in [0.2, 0.25) is 0 Å². The summed E-state index contributed by atoms with van der Waals surface area (Å²) in [6, 6.07) is -0.121. The number of nitrogens with zero attached hydrogens (tertiary/aromatic N) is 2. The highest BCUT2D eigenvalue weighted by Crippen LogP contribution is 2.01. The molecule has 7 heteroatoms. The Hall–Kier alpha value is -0.330. The van der Waals surface area contributed by atoms with Crippen LogP contribution in [0.1, 0.15) is 0 Å². The molecule has 112 valence electrons. The second kappa shape index (κ2) is 9.55. The monoisotopic (exact) mass is 311 g/mol. The molecule has 0 radical (unpaired) electrons. The zero-order valence-corrected chi connectivity index (χ0v) is 12.8. The van der Waals surface area contributed by atoms with Crippen LogP contribution in [0.3, 0.4) is 0 Å². The van der Waals surface area contributed by atoms with E-state index < -0.39 is 0 Å². The third kappa shape index (κ3) is 5.67. The van der Waals surface area contributed by atoms with Gasteiger partial charge in [0.1, 0.15) is 6.04 Å². The predicted octanol–water partition coefficient (Wildman–Crippen LogP) is 0.149. The highest BCUT2D eigenvalue weighted by molar-refractivity contribution is 5.85. The van der Waals surface area contributed by atoms with E-state index in [1.807, 2.05) is 24.1 Å². The van der Waals surface area contributed by atoms with Crippen LogP contribution in [0.15, 0.2) is 12.2 Å². The minimum absolute atomic E-state index is 0. The molecule has 1 unspecified atom stereocenters. The van der Waals surface area contributed by atoms with Crippen molar-refractivity contribution in [1.82, 2.24) is 15.1 Å². The Morgan fingerprint density at radius 2 is 2.11 bits per heavy atom. The van der Waals surface area contributed by atoms with Gasteiger partial charge in [-0.15, -0.1) is 24.8 Å². The Kier molecular flexibility index (Phi) is 9.39. The van der Waals surface area contributed by atoms with Gasteiger partial charge in [-0.05, 0) is 0 Å². The van der Waals surface area contributed by atoms with Gasteiger partial charge < -0.3 is 9.64 Å². The number of amides is 1. The number of halogens is 2. The van der Waals surface area contributed by atoms with Gasteiger partial charge in [-0.1, -0.05) is 12.2 Å². The number of hydrogen-bond acceptors (Lipinski definition) is 4. The number of carbonyl (C=O) groups is 1. The maximum absolute atomic E-state index is 12.0. The summed E-state index contributed by atoms with van der Waals surface area (Å²) in [5.41, 5.74) is 0. The van der Waals surface area contributed by atoms with Crippen LogP contribution in [-0.2, 0) is 9.53 Å². The van der Waals surface area contributed by atoms with Gasteiger partial charge in [-0.2, -0.15) is 0 Å². The standard InChI is InChI=1S/C12H21N3O2.2ClH/c1-14(12(16)11-3-2-4-13-11)5-6-15-7-9-17-10-8-15;;/h2-3,11,13H,4-10H2,1H3;2*1H. The van der Waals surface area contributed by atoms with E-state index in [0.29, 0.717) is 0 Å². The number of hydrogen-bond donors (Lipinski definition) is 1. The Labute approximate surface area is 127 Å². The van der Waals surface area contributed by atoms with Crippen LogP contribution in [0.5, 0.6) is 0 Å². The topological polar surface area (TPSA) is 44.8 Å². The van der Waals surface area contributed by atoms with E-state index in [9.17, 15) is 4.79 Å². The molecule has 1 N–H and O–H groups in total. The third-order valence-corrected chi connectivity index (χ3v) is 3.28. The quantitative estimate of drug-likeness (QED) is 0.751. The highest BCUT2D eigenvalue weighted by atomic mass is 35.5. The molecule has 5 nitrogen and oxygen atoms in total. The minimum atomic E-state index is -0.121. The fourth-order valence-corrected chi connectivity index (χ4v) is 2.10. The van der Waals surface area contributed by atoms with Crippen molar-refractivity contribution in [2.45, 2.75) is 6.04 Å². The molecule has 0 aromatic heterocycles. The van der Waals surface area contributed by atoms with Crippen molar-refractivity contribution in [3.8, 4) is 0 Å². The lowest BCUT2D eigenvalue weighted by Crippen LogP contribution is -2.46. The number of likely N-dealkylation sites (N-methyl/N-ethyl adjacent to an activating group) is 1. The normalized spacial score (nSPS) is 22.5. The first kappa shape index (κ1) is 18.7. The Balaban J connectivity index is 0.00000162. The highest BCUT2D eigenvalue weighted by Gasteiger charge is 2.21. The molecule has 0 aromatic carbocycles. The van der Waals surface area contributed by atoms with Crippen molar-refractivity contribution >= 4 is 30.7 Å². The van der Waals surface area contributed by atoms with Gasteiger partial charge in [-0.3, -0.25) is 15.0 Å². The lowest BCUT2D eigenvalue weighted by atomic mass is 10.2. The molecular formula is C12H23Cl2N3O2. The molecule has 1 atom stereocenters. The summed E-state index contributed by atoms with van der Waals surface area (Å²) in [6.45, 7) is 6.09. The lowest BCUT2D eigenvalue weighted by Gasteiger charge is -2.29. The first-order chi connectivity index (χ1) is 8.27. The van der Waals surface area contributed by atoms with E-state index in [-0.39, 0.29) is 36.8 Å². The molecular weight excluding hydrogens is 289 g/mol. The van der Waals surface area contributed by atoms with Crippen molar-refractivity contribution in [1.29, 1.82) is 0 Å². The van der Waals surface area contributed by atoms with Gasteiger partial charge in [-0.25, -0.2) is 0 Å². The predicted molar refractivity (Wildman–Crippen MR) is 80.3 cm³/mol. The summed E-state index contributed by atoms with van der Waals surface area (Å²) in [5.74, 6) is 0.159. The molecule has 0 aliphatic carbocycles. The fraction of sp³-hybridized carbons (Fsp3) is 0.750. The van der Waals surface area contributed by atoms with Crippen LogP contribution in [0.4, 0.5) is 0 Å². The maximum Gasteiger partial charge on any atom is 0.243 e. The molecule has 1 amide bonds. The Morgan fingerprint density at radius 3 is 2.68 bits per heavy atom. The zero-order valence-electron chi connectivity index (χ0n) is 11.2. The van der Waals surface area contributed by atoms with Crippen LogP contribution in [0.25, 0.3) is 0 Å². The first-order valence-corrected chi connectivity index (χ1v) is 6.22. The lowest BCUT2D eigenvalue weighted by molar-refractivity contribution is -0.131. The van der Waals surface area contributed by atoms with Crippen LogP contribution in [-0.4, -0.2) is 74.7 Å². The molecule has 0 saturated carbocycles. The van der Waals surface area contributed by atoms with Crippen LogP contribution >= 0.6 is 24.8 Å². The average molecular weight is 312 g/mol. The fourth-order valence-electron chi connectivity index (χ4n) is 2.10. The van der Waals surface area contributed by atoms with E-state index in [0.717, 1.165) is 45.9 Å². The molecule has 1 saturated heterocycles. The van der Waals surface area contributed by atoms with Crippen molar-refractivity contribution < 1.29 is 9.53 Å². The van der Waals surface area contributed by atoms with Gasteiger partial charge in [0.25, 0.3) is 0 Å². The largest absolute Gasteiger partial charge is 0.379 e. The van der Waals surface area contributed by atoms with Gasteiger partial charge in [0.15, 0.2) is 0 Å². The summed E-state index contributed by atoms with van der Waals surface area (Å²) in [7, 11) is 1.87. The zero-order chi connectivity index (χ0) is 12.1. The molecule has 2 aliphatic heterocycles. The first-order valence-electron chi connectivity index (χ1n) is 6.22. The smallest absolute Gasteiger partial charge is 0.243 e. The average Bonchev–Trinajstić information content (AvgIpc) is 2.90. The van der Waals surface area contributed by atoms with Crippen molar-refractivity contribution in [2.24, 2.45) is 0 Å². The van der Waals surface area contributed by atoms with E-state index in [2.05, 4.69) is 10.2 Å². The third-order valence-electron chi connectivity index (χ3n) is 3.28. The second-order valence-corrected chi connectivity index (χ2v) is 4.53. The number of carbonyl (C=O) groups excluding carboxylic acids is 1. The summed E-state index contributed by atoms with van der Waals surface area (Å²) in [5, 5.41) is 3.14. The Bertz CT molecular complexity index is 297. The molecule has 2 aliphatic rings. The SMILES string of the molecule is CN(CCN1CCOCC1)C(=O)C1C=CCN1.Cl.Cl. The van der Waals surface area contributed by atoms with Crippen LogP contribution < -0.4 is 5.32 Å². The molecule has 2 heterocycles. The summed E-state index contributed by atoms with van der Waals surface area (Å²) < 4.78 is 5.29. The van der Waals surface area contributed by atoms with Gasteiger partial charge in [0, 0.05) is 39.8 Å². The molecule has 1 fully saturated rings. The molecule has 2 rings (SSSR count). The Morgan fingerprint density at radius 1 is 1.42 bits per heavy atom. The van der Waals surface area contributed by atoms with Gasteiger partial charge >= 0.3 is 0 Å². The molecule has 0 aromatic rings. The van der Waals surface area contributed by atoms with E-state index in [4.69, 9.17) is 4.74 Å². The maximum atomic E-state index is 12.0. The second-order valence-electron chi connectivity index (χ2n) is 4.53. The molecule has 0 bridgehead atoms. The summed E-state index contributed by atoms with van der Waals surface area (Å²) >= 11 is 0. The van der Waals surface area contributed by atoms with Gasteiger partial charge in [0.2, 0.25) is 5.91 Å². The van der Waals surface area contributed by atoms with Crippen LogP contribution in [0, 0.1) is 0 Å². The van der Waals surface area contributed by atoms with Crippen molar-refractivity contribution in [2.75, 3.05) is 53.0 Å². The minimum Gasteiger partial charge on any atom is -0.379 e. The van der Waals surface area contributed by atoms with E-state index >= 15 is 0 Å². The van der Waals surface area contributed by atoms with Crippen molar-refractivity contribution in [3.63, 3.8) is 0 Å². The number of rotatable bonds is 4. The van der Waals surface area contributed by atoms with E-state index in [1.165, 1.54) is 0 Å².